The Hall–Kier alpha value is -0.120. The van der Waals surface area contributed by atoms with Gasteiger partial charge in [-0.2, -0.15) is 0 Å². The van der Waals surface area contributed by atoms with Gasteiger partial charge in [0.2, 0.25) is 0 Å². The molecule has 1 rings (SSSR count). The van der Waals surface area contributed by atoms with Gasteiger partial charge < -0.3 is 15.6 Å². The highest BCUT2D eigenvalue weighted by Gasteiger charge is 2.38. The van der Waals surface area contributed by atoms with Crippen LogP contribution in [0.4, 0.5) is 0 Å². The maximum atomic E-state index is 9.16. The molecular weight excluding hydrogens is 142 g/mol. The van der Waals surface area contributed by atoms with Crippen LogP contribution < -0.4 is 5.73 Å². The van der Waals surface area contributed by atoms with Crippen LogP contribution in [0.1, 0.15) is 26.7 Å². The van der Waals surface area contributed by atoms with Gasteiger partial charge in [-0.3, -0.25) is 0 Å². The van der Waals surface area contributed by atoms with Crippen molar-refractivity contribution in [1.29, 1.82) is 0 Å². The first-order chi connectivity index (χ1) is 5.04. The summed E-state index contributed by atoms with van der Waals surface area (Å²) < 4.78 is 5.33. The van der Waals surface area contributed by atoms with Crippen molar-refractivity contribution < 1.29 is 9.84 Å². The highest BCUT2D eigenvalue weighted by Crippen LogP contribution is 2.27. The molecule has 0 aromatic heterocycles. The molecule has 0 aliphatic carbocycles. The molecule has 0 radical (unpaired) electrons. The zero-order chi connectivity index (χ0) is 8.48. The molecule has 1 saturated heterocycles. The lowest BCUT2D eigenvalue weighted by Gasteiger charge is -2.28. The molecule has 3 nitrogen and oxygen atoms in total. The van der Waals surface area contributed by atoms with E-state index in [4.69, 9.17) is 15.6 Å². The summed E-state index contributed by atoms with van der Waals surface area (Å²) in [7, 11) is 0. The van der Waals surface area contributed by atoms with Gasteiger partial charge in [0.1, 0.15) is 0 Å². The minimum Gasteiger partial charge on any atom is -0.393 e. The smallest absolute Gasteiger partial charge is 0.0728 e. The Morgan fingerprint density at radius 2 is 2.45 bits per heavy atom. The fourth-order valence-corrected chi connectivity index (χ4v) is 1.61. The van der Waals surface area contributed by atoms with Crippen LogP contribution in [0, 0.1) is 0 Å². The third-order valence-corrected chi connectivity index (χ3v) is 2.42. The molecule has 0 bridgehead atoms. The predicted octanol–water partition coefficient (Wildman–Crippen LogP) is 0.264. The lowest BCUT2D eigenvalue weighted by molar-refractivity contribution is 0.0709. The van der Waals surface area contributed by atoms with Gasteiger partial charge in [-0.1, -0.05) is 0 Å². The SMILES string of the molecule is CC(O)CC1(N)CCOC1C. The first-order valence-corrected chi connectivity index (χ1v) is 4.13. The van der Waals surface area contributed by atoms with Gasteiger partial charge in [0.25, 0.3) is 0 Å². The molecule has 0 aromatic rings. The van der Waals surface area contributed by atoms with Crippen LogP contribution in [0.5, 0.6) is 0 Å². The largest absolute Gasteiger partial charge is 0.393 e. The number of hydrogen-bond acceptors (Lipinski definition) is 3. The monoisotopic (exact) mass is 159 g/mol. The number of rotatable bonds is 2. The van der Waals surface area contributed by atoms with Crippen molar-refractivity contribution in [2.45, 2.75) is 44.4 Å². The minimum atomic E-state index is -0.329. The second-order valence-corrected chi connectivity index (χ2v) is 3.55. The summed E-state index contributed by atoms with van der Waals surface area (Å²) >= 11 is 0. The van der Waals surface area contributed by atoms with Crippen molar-refractivity contribution in [3.63, 3.8) is 0 Å². The van der Waals surface area contributed by atoms with E-state index in [1.165, 1.54) is 0 Å². The Labute approximate surface area is 67.5 Å². The summed E-state index contributed by atoms with van der Waals surface area (Å²) in [5.41, 5.74) is 5.72. The van der Waals surface area contributed by atoms with E-state index in [1.807, 2.05) is 6.92 Å². The van der Waals surface area contributed by atoms with E-state index >= 15 is 0 Å². The Morgan fingerprint density at radius 1 is 1.82 bits per heavy atom. The van der Waals surface area contributed by atoms with Crippen LogP contribution >= 0.6 is 0 Å². The van der Waals surface area contributed by atoms with E-state index in [0.29, 0.717) is 6.42 Å². The van der Waals surface area contributed by atoms with E-state index in [0.717, 1.165) is 13.0 Å². The molecule has 3 heteroatoms. The summed E-state index contributed by atoms with van der Waals surface area (Å²) in [6.45, 7) is 4.46. The molecule has 0 aromatic carbocycles. The minimum absolute atomic E-state index is 0.0806. The zero-order valence-electron chi connectivity index (χ0n) is 7.21. The molecule has 3 atom stereocenters. The summed E-state index contributed by atoms with van der Waals surface area (Å²) in [5.74, 6) is 0. The van der Waals surface area contributed by atoms with Crippen molar-refractivity contribution in [2.24, 2.45) is 5.73 Å². The molecule has 1 aliphatic rings. The normalized spacial score (nSPS) is 40.9. The number of hydrogen-bond donors (Lipinski definition) is 2. The van der Waals surface area contributed by atoms with Crippen LogP contribution in [-0.2, 0) is 4.74 Å². The molecule has 0 spiro atoms. The fraction of sp³-hybridized carbons (Fsp3) is 1.00. The topological polar surface area (TPSA) is 55.5 Å². The first-order valence-electron chi connectivity index (χ1n) is 4.13. The van der Waals surface area contributed by atoms with E-state index in [1.54, 1.807) is 6.92 Å². The van der Waals surface area contributed by atoms with Gasteiger partial charge in [0.15, 0.2) is 0 Å². The van der Waals surface area contributed by atoms with E-state index < -0.39 is 0 Å². The third-order valence-electron chi connectivity index (χ3n) is 2.42. The Kier molecular flexibility index (Phi) is 2.52. The van der Waals surface area contributed by atoms with E-state index in [2.05, 4.69) is 0 Å². The summed E-state index contributed by atoms with van der Waals surface area (Å²) in [4.78, 5) is 0. The highest BCUT2D eigenvalue weighted by atomic mass is 16.5. The number of aliphatic hydroxyl groups is 1. The number of nitrogens with two attached hydrogens (primary N) is 1. The van der Waals surface area contributed by atoms with Crippen LogP contribution in [0.2, 0.25) is 0 Å². The number of ether oxygens (including phenoxy) is 1. The molecule has 11 heavy (non-hydrogen) atoms. The highest BCUT2D eigenvalue weighted by molar-refractivity contribution is 4.95. The van der Waals surface area contributed by atoms with Crippen molar-refractivity contribution in [3.8, 4) is 0 Å². The van der Waals surface area contributed by atoms with Crippen molar-refractivity contribution >= 4 is 0 Å². The van der Waals surface area contributed by atoms with Crippen LogP contribution in [0.15, 0.2) is 0 Å². The average Bonchev–Trinajstić information content (AvgIpc) is 2.11. The van der Waals surface area contributed by atoms with Gasteiger partial charge >= 0.3 is 0 Å². The Morgan fingerprint density at radius 3 is 2.82 bits per heavy atom. The van der Waals surface area contributed by atoms with Crippen molar-refractivity contribution in [3.05, 3.63) is 0 Å². The molecule has 1 fully saturated rings. The van der Waals surface area contributed by atoms with Crippen LogP contribution in [0.25, 0.3) is 0 Å². The van der Waals surface area contributed by atoms with E-state index in [-0.39, 0.29) is 17.7 Å². The Bertz CT molecular complexity index is 138. The first kappa shape index (κ1) is 8.97. The fourth-order valence-electron chi connectivity index (χ4n) is 1.61. The van der Waals surface area contributed by atoms with Gasteiger partial charge in [0.05, 0.1) is 12.2 Å². The maximum absolute atomic E-state index is 9.16. The summed E-state index contributed by atoms with van der Waals surface area (Å²) in [6, 6.07) is 0. The predicted molar refractivity (Wildman–Crippen MR) is 43.2 cm³/mol. The van der Waals surface area contributed by atoms with E-state index in [9.17, 15) is 0 Å². The molecule has 1 heterocycles. The molecule has 1 aliphatic heterocycles. The Balaban J connectivity index is 2.51. The lowest BCUT2D eigenvalue weighted by Crippen LogP contribution is -2.48. The second-order valence-electron chi connectivity index (χ2n) is 3.55. The average molecular weight is 159 g/mol. The number of aliphatic hydroxyl groups excluding tert-OH is 1. The standard InChI is InChI=1S/C8H17NO2/c1-6(10)5-8(9)3-4-11-7(8)2/h6-7,10H,3-5,9H2,1-2H3. The maximum Gasteiger partial charge on any atom is 0.0728 e. The summed E-state index contributed by atoms with van der Waals surface area (Å²) in [6.07, 6.45) is 1.24. The lowest BCUT2D eigenvalue weighted by atomic mass is 9.87. The molecule has 0 saturated carbocycles. The second kappa shape index (κ2) is 3.09. The molecule has 3 N–H and O–H groups in total. The quantitative estimate of drug-likeness (QED) is 0.608. The molecular formula is C8H17NO2. The van der Waals surface area contributed by atoms with Gasteiger partial charge in [-0.05, 0) is 26.7 Å². The van der Waals surface area contributed by atoms with Gasteiger partial charge in [0, 0.05) is 12.1 Å². The van der Waals surface area contributed by atoms with Crippen LogP contribution in [-0.4, -0.2) is 29.5 Å². The molecule has 3 unspecified atom stereocenters. The van der Waals surface area contributed by atoms with Crippen molar-refractivity contribution in [1.82, 2.24) is 0 Å². The third kappa shape index (κ3) is 1.92. The zero-order valence-corrected chi connectivity index (χ0v) is 7.21. The van der Waals surface area contributed by atoms with Gasteiger partial charge in [-0.15, -0.1) is 0 Å². The molecule has 66 valence electrons. The van der Waals surface area contributed by atoms with Crippen molar-refractivity contribution in [2.75, 3.05) is 6.61 Å². The molecule has 0 amide bonds. The summed E-state index contributed by atoms with van der Waals surface area (Å²) in [5, 5.41) is 9.16. The van der Waals surface area contributed by atoms with Crippen LogP contribution in [0.3, 0.4) is 0 Å². The van der Waals surface area contributed by atoms with Gasteiger partial charge in [-0.25, -0.2) is 0 Å².